The lowest BCUT2D eigenvalue weighted by Crippen LogP contribution is -2.34. The Hall–Kier alpha value is -1.36. The van der Waals surface area contributed by atoms with Gasteiger partial charge in [0.25, 0.3) is 0 Å². The monoisotopic (exact) mass is 140 g/mol. The van der Waals surface area contributed by atoms with Crippen LogP contribution in [0.3, 0.4) is 0 Å². The van der Waals surface area contributed by atoms with Crippen molar-refractivity contribution >= 4 is 12.2 Å². The lowest BCUT2D eigenvalue weighted by molar-refractivity contribution is -0.0278. The molecule has 0 spiro atoms. The number of amidine groups is 1. The molecule has 0 aromatic rings. The molecule has 0 aliphatic carbocycles. The van der Waals surface area contributed by atoms with Gasteiger partial charge < -0.3 is 5.32 Å². The predicted octanol–water partition coefficient (Wildman–Crippen LogP) is -0.242. The molecule has 0 bridgehead atoms. The van der Waals surface area contributed by atoms with Gasteiger partial charge in [0.05, 0.1) is 0 Å². The molecule has 0 fully saturated rings. The second-order valence-electron chi connectivity index (χ2n) is 1.76. The van der Waals surface area contributed by atoms with Crippen LogP contribution in [0.5, 0.6) is 0 Å². The molecule has 1 aliphatic heterocycles. The Morgan fingerprint density at radius 1 is 1.90 bits per heavy atom. The van der Waals surface area contributed by atoms with Crippen LogP contribution in [-0.4, -0.2) is 29.0 Å². The summed E-state index contributed by atoms with van der Waals surface area (Å²) in [5.74, 6) is 0.556. The van der Waals surface area contributed by atoms with Gasteiger partial charge in [-0.2, -0.15) is 0 Å². The Labute approximate surface area is 58.1 Å². The summed E-state index contributed by atoms with van der Waals surface area (Å²) in [7, 11) is 0. The van der Waals surface area contributed by atoms with Crippen LogP contribution in [0.2, 0.25) is 0 Å². The maximum absolute atomic E-state index is 8.86. The molecule has 0 aromatic heterocycles. The average molecular weight is 140 g/mol. The van der Waals surface area contributed by atoms with Crippen LogP contribution in [0.1, 0.15) is 0 Å². The van der Waals surface area contributed by atoms with E-state index in [0.29, 0.717) is 12.4 Å². The molecule has 0 radical (unpaired) electrons. The highest BCUT2D eigenvalue weighted by Crippen LogP contribution is 1.89. The number of hydroxylamine groups is 2. The highest BCUT2D eigenvalue weighted by atomic mass is 16.5. The van der Waals surface area contributed by atoms with Crippen molar-refractivity contribution in [1.82, 2.24) is 10.4 Å². The maximum atomic E-state index is 8.86. The van der Waals surface area contributed by atoms with Crippen molar-refractivity contribution in [3.63, 3.8) is 0 Å². The van der Waals surface area contributed by atoms with Crippen molar-refractivity contribution in [2.75, 3.05) is 6.54 Å². The number of hydrogen-bond acceptors (Lipinski definition) is 3. The normalized spacial score (nSPS) is 20.9. The lowest BCUT2D eigenvalue weighted by Gasteiger charge is -2.17. The van der Waals surface area contributed by atoms with E-state index in [4.69, 9.17) is 10.6 Å². The first-order valence-corrected chi connectivity index (χ1v) is 2.77. The summed E-state index contributed by atoms with van der Waals surface area (Å²) in [5, 5.41) is 19.2. The van der Waals surface area contributed by atoms with Crippen LogP contribution >= 0.6 is 0 Å². The molecule has 0 saturated heterocycles. The highest BCUT2D eigenvalue weighted by molar-refractivity contribution is 5.90. The van der Waals surface area contributed by atoms with E-state index in [1.807, 2.05) is 0 Å². The van der Waals surface area contributed by atoms with Crippen LogP contribution in [0.15, 0.2) is 17.4 Å². The van der Waals surface area contributed by atoms with Gasteiger partial charge in [-0.15, -0.1) is 0 Å². The second-order valence-corrected chi connectivity index (χ2v) is 1.76. The minimum atomic E-state index is 0.297. The molecule has 0 amide bonds. The zero-order valence-electron chi connectivity index (χ0n) is 5.28. The highest BCUT2D eigenvalue weighted by Gasteiger charge is 2.04. The first-order chi connectivity index (χ1) is 4.83. The van der Waals surface area contributed by atoms with Crippen LogP contribution in [-0.2, 0) is 0 Å². The van der Waals surface area contributed by atoms with Crippen LogP contribution in [0.25, 0.3) is 0 Å². The summed E-state index contributed by atoms with van der Waals surface area (Å²) < 4.78 is 0. The topological polar surface area (TPSA) is 71.7 Å². The van der Waals surface area contributed by atoms with E-state index < -0.39 is 0 Å². The molecule has 1 aliphatic rings. The maximum Gasteiger partial charge on any atom is 0.130 e. The van der Waals surface area contributed by atoms with Crippen LogP contribution in [0.4, 0.5) is 0 Å². The minimum Gasteiger partial charge on any atom is -0.347 e. The van der Waals surface area contributed by atoms with Gasteiger partial charge in [-0.3, -0.25) is 15.7 Å². The fourth-order valence-electron chi connectivity index (χ4n) is 0.627. The summed E-state index contributed by atoms with van der Waals surface area (Å²) in [4.78, 5) is 3.63. The molecule has 0 unspecified atom stereocenters. The summed E-state index contributed by atoms with van der Waals surface area (Å²) in [6.07, 6.45) is 3.95. The third-order valence-corrected chi connectivity index (χ3v) is 1.03. The molecule has 1 heterocycles. The SMILES string of the molecule is N=CN=C1CN(O)C=CN1. The largest absolute Gasteiger partial charge is 0.347 e. The third kappa shape index (κ3) is 1.56. The molecule has 0 saturated carbocycles. The molecule has 1 rings (SSSR count). The third-order valence-electron chi connectivity index (χ3n) is 1.03. The first-order valence-electron chi connectivity index (χ1n) is 2.77. The van der Waals surface area contributed by atoms with Gasteiger partial charge >= 0.3 is 0 Å². The lowest BCUT2D eigenvalue weighted by atomic mass is 10.5. The fraction of sp³-hybridized carbons (Fsp3) is 0.200. The average Bonchev–Trinajstić information content (AvgIpc) is 1.88. The molecule has 5 heteroatoms. The number of aliphatic imine (C=N–C) groups is 1. The van der Waals surface area contributed by atoms with Gasteiger partial charge in [0.2, 0.25) is 0 Å². The van der Waals surface area contributed by atoms with Crippen molar-refractivity contribution in [3.05, 3.63) is 12.4 Å². The number of hydrogen-bond donors (Lipinski definition) is 3. The fourth-order valence-corrected chi connectivity index (χ4v) is 0.627. The first kappa shape index (κ1) is 6.76. The quantitative estimate of drug-likeness (QED) is 0.347. The Balaban J connectivity index is 2.59. The Morgan fingerprint density at radius 3 is 3.30 bits per heavy atom. The minimum absolute atomic E-state index is 0.297. The Morgan fingerprint density at radius 2 is 2.70 bits per heavy atom. The Bertz CT molecular complexity index is 186. The summed E-state index contributed by atoms with van der Waals surface area (Å²) in [5.41, 5.74) is 0. The summed E-state index contributed by atoms with van der Waals surface area (Å²) >= 11 is 0. The van der Waals surface area contributed by atoms with Gasteiger partial charge in [0.15, 0.2) is 0 Å². The molecule has 3 N–H and O–H groups in total. The van der Waals surface area contributed by atoms with Crippen molar-refractivity contribution in [3.8, 4) is 0 Å². The number of rotatable bonds is 1. The van der Waals surface area contributed by atoms with E-state index in [0.717, 1.165) is 11.4 Å². The van der Waals surface area contributed by atoms with Crippen molar-refractivity contribution < 1.29 is 5.21 Å². The van der Waals surface area contributed by atoms with E-state index >= 15 is 0 Å². The molecule has 10 heavy (non-hydrogen) atoms. The van der Waals surface area contributed by atoms with Gasteiger partial charge in [-0.1, -0.05) is 0 Å². The zero-order chi connectivity index (χ0) is 7.40. The van der Waals surface area contributed by atoms with Crippen molar-refractivity contribution in [2.45, 2.75) is 0 Å². The number of nitrogens with zero attached hydrogens (tertiary/aromatic N) is 2. The molecule has 5 nitrogen and oxygen atoms in total. The predicted molar refractivity (Wildman–Crippen MR) is 37.0 cm³/mol. The van der Waals surface area contributed by atoms with Gasteiger partial charge in [-0.05, 0) is 0 Å². The van der Waals surface area contributed by atoms with Gasteiger partial charge in [0.1, 0.15) is 18.7 Å². The molecule has 0 atom stereocenters. The van der Waals surface area contributed by atoms with E-state index in [-0.39, 0.29) is 0 Å². The van der Waals surface area contributed by atoms with Crippen molar-refractivity contribution in [1.29, 1.82) is 5.41 Å². The smallest absolute Gasteiger partial charge is 0.130 e. The standard InChI is InChI=1S/C5H8N4O/c6-4-8-5-3-9(10)2-1-7-5/h1-2,4,10H,3H2,(H2,6,7,8). The summed E-state index contributed by atoms with van der Waals surface area (Å²) in [6.45, 7) is 0.297. The molecular formula is C5H8N4O. The molecule has 0 aromatic carbocycles. The Kier molecular flexibility index (Phi) is 2.01. The van der Waals surface area contributed by atoms with Crippen molar-refractivity contribution in [2.24, 2.45) is 4.99 Å². The second kappa shape index (κ2) is 2.98. The van der Waals surface area contributed by atoms with Gasteiger partial charge in [-0.25, -0.2) is 4.99 Å². The van der Waals surface area contributed by atoms with E-state index in [9.17, 15) is 0 Å². The number of nitrogens with one attached hydrogen (secondary N) is 2. The van der Waals surface area contributed by atoms with Crippen LogP contribution in [0, 0.1) is 5.41 Å². The molecule has 54 valence electrons. The van der Waals surface area contributed by atoms with E-state index in [2.05, 4.69) is 10.3 Å². The zero-order valence-corrected chi connectivity index (χ0v) is 5.28. The van der Waals surface area contributed by atoms with E-state index in [1.54, 1.807) is 6.20 Å². The molecular weight excluding hydrogens is 132 g/mol. The van der Waals surface area contributed by atoms with Crippen LogP contribution < -0.4 is 5.32 Å². The van der Waals surface area contributed by atoms with Gasteiger partial charge in [0, 0.05) is 12.4 Å². The summed E-state index contributed by atoms with van der Waals surface area (Å²) in [6, 6.07) is 0. The van der Waals surface area contributed by atoms with E-state index in [1.165, 1.54) is 6.20 Å².